The molecule has 4 rings (SSSR count). The second kappa shape index (κ2) is 9.09. The molecule has 0 aliphatic heterocycles. The van der Waals surface area contributed by atoms with Gasteiger partial charge in [-0.1, -0.05) is 30.3 Å². The smallest absolute Gasteiger partial charge is 0.265 e. The Morgan fingerprint density at radius 2 is 1.84 bits per heavy atom. The van der Waals surface area contributed by atoms with Crippen molar-refractivity contribution in [2.45, 2.75) is 26.9 Å². The number of amides is 1. The number of nitrogens with zero attached hydrogens (tertiary/aromatic N) is 3. The molecule has 0 aliphatic carbocycles. The van der Waals surface area contributed by atoms with Crippen LogP contribution in [0.5, 0.6) is 11.6 Å². The first kappa shape index (κ1) is 21.4. The minimum Gasteiger partial charge on any atom is -0.494 e. The third-order valence-corrected chi connectivity index (χ3v) is 5.13. The van der Waals surface area contributed by atoms with Crippen LogP contribution in [0, 0.1) is 6.92 Å². The lowest BCUT2D eigenvalue weighted by Gasteiger charge is -2.16. The average molecular weight is 431 g/mol. The van der Waals surface area contributed by atoms with Crippen LogP contribution in [0.2, 0.25) is 0 Å². The van der Waals surface area contributed by atoms with Crippen LogP contribution in [-0.4, -0.2) is 33.4 Å². The van der Waals surface area contributed by atoms with Crippen molar-refractivity contribution in [2.24, 2.45) is 7.05 Å². The molecule has 0 fully saturated rings. The summed E-state index contributed by atoms with van der Waals surface area (Å²) in [6.07, 6.45) is -0.746. The second-order valence-corrected chi connectivity index (χ2v) is 7.49. The van der Waals surface area contributed by atoms with Crippen LogP contribution in [0.25, 0.3) is 22.2 Å². The van der Waals surface area contributed by atoms with Gasteiger partial charge < -0.3 is 14.8 Å². The van der Waals surface area contributed by atoms with Crippen molar-refractivity contribution < 1.29 is 14.3 Å². The Hall–Kier alpha value is -3.87. The van der Waals surface area contributed by atoms with Gasteiger partial charge in [0.05, 0.1) is 17.7 Å². The third-order valence-electron chi connectivity index (χ3n) is 5.13. The predicted molar refractivity (Wildman–Crippen MR) is 125 cm³/mol. The van der Waals surface area contributed by atoms with Crippen LogP contribution in [0.4, 0.5) is 5.69 Å². The normalized spacial score (nSPS) is 11.9. The lowest BCUT2D eigenvalue weighted by molar-refractivity contribution is -0.122. The summed E-state index contributed by atoms with van der Waals surface area (Å²) < 4.78 is 13.1. The molecular weight excluding hydrogens is 404 g/mol. The molecule has 0 bridgehead atoms. The third kappa shape index (κ3) is 4.42. The van der Waals surface area contributed by atoms with E-state index in [-0.39, 0.29) is 5.91 Å². The van der Waals surface area contributed by atoms with Gasteiger partial charge in [0.25, 0.3) is 5.91 Å². The van der Waals surface area contributed by atoms with Crippen molar-refractivity contribution in [2.75, 3.05) is 11.9 Å². The van der Waals surface area contributed by atoms with E-state index >= 15 is 0 Å². The number of pyridine rings is 1. The summed E-state index contributed by atoms with van der Waals surface area (Å²) in [4.78, 5) is 17.3. The summed E-state index contributed by atoms with van der Waals surface area (Å²) in [5, 5.41) is 8.35. The molecule has 0 saturated carbocycles. The van der Waals surface area contributed by atoms with Crippen LogP contribution in [0.3, 0.4) is 0 Å². The monoisotopic (exact) mass is 430 g/mol. The van der Waals surface area contributed by atoms with Gasteiger partial charge in [-0.05, 0) is 56.2 Å². The number of aryl methyl sites for hydroxylation is 2. The highest BCUT2D eigenvalue weighted by molar-refractivity contribution is 5.96. The molecule has 0 unspecified atom stereocenters. The SMILES string of the molecule is CCOc1ccc(NC(=O)[C@@H](C)Oc2cc(-c3ccccc3)c3c(C)nn(C)c3n2)cc1. The number of anilines is 1. The molecule has 7 nitrogen and oxygen atoms in total. The molecule has 4 aromatic rings. The summed E-state index contributed by atoms with van der Waals surface area (Å²) in [6.45, 7) is 6.18. The van der Waals surface area contributed by atoms with Gasteiger partial charge in [0.2, 0.25) is 5.88 Å². The van der Waals surface area contributed by atoms with E-state index in [1.54, 1.807) is 23.7 Å². The number of carbonyl (C=O) groups excluding carboxylic acids is 1. The molecular formula is C25H26N4O3. The number of nitrogens with one attached hydrogen (secondary N) is 1. The molecule has 2 heterocycles. The highest BCUT2D eigenvalue weighted by atomic mass is 16.5. The lowest BCUT2D eigenvalue weighted by atomic mass is 10.0. The number of fused-ring (bicyclic) bond motifs is 1. The lowest BCUT2D eigenvalue weighted by Crippen LogP contribution is -2.30. The van der Waals surface area contributed by atoms with Crippen molar-refractivity contribution in [3.8, 4) is 22.8 Å². The molecule has 7 heteroatoms. The first-order valence-electron chi connectivity index (χ1n) is 10.6. The predicted octanol–water partition coefficient (Wildman–Crippen LogP) is 4.75. The van der Waals surface area contributed by atoms with Gasteiger partial charge in [-0.3, -0.25) is 9.48 Å². The topological polar surface area (TPSA) is 78.3 Å². The number of hydrogen-bond acceptors (Lipinski definition) is 5. The second-order valence-electron chi connectivity index (χ2n) is 7.49. The van der Waals surface area contributed by atoms with E-state index in [2.05, 4.69) is 15.4 Å². The first-order valence-corrected chi connectivity index (χ1v) is 10.6. The number of carbonyl (C=O) groups is 1. The van der Waals surface area contributed by atoms with E-state index in [0.717, 1.165) is 28.0 Å². The highest BCUT2D eigenvalue weighted by Gasteiger charge is 2.20. The molecule has 2 aromatic carbocycles. The molecule has 1 N–H and O–H groups in total. The maximum absolute atomic E-state index is 12.7. The van der Waals surface area contributed by atoms with E-state index < -0.39 is 6.10 Å². The molecule has 1 amide bonds. The van der Waals surface area contributed by atoms with Crippen LogP contribution >= 0.6 is 0 Å². The standard InChI is InChI=1S/C25H26N4O3/c1-5-31-20-13-11-19(12-14-20)26-25(30)17(3)32-22-15-21(18-9-7-6-8-10-18)23-16(2)28-29(4)24(23)27-22/h6-15,17H,5H2,1-4H3,(H,26,30)/t17-/m1/s1. The van der Waals surface area contributed by atoms with Crippen molar-refractivity contribution in [3.05, 3.63) is 66.4 Å². The van der Waals surface area contributed by atoms with Crippen molar-refractivity contribution in [1.29, 1.82) is 0 Å². The van der Waals surface area contributed by atoms with E-state index in [1.807, 2.05) is 69.4 Å². The van der Waals surface area contributed by atoms with Gasteiger partial charge in [0.15, 0.2) is 11.8 Å². The number of benzene rings is 2. The van der Waals surface area contributed by atoms with Gasteiger partial charge in [0.1, 0.15) is 5.75 Å². The molecule has 0 aliphatic rings. The number of aromatic nitrogens is 3. The average Bonchev–Trinajstić information content (AvgIpc) is 3.08. The molecule has 2 aromatic heterocycles. The van der Waals surface area contributed by atoms with Crippen molar-refractivity contribution in [3.63, 3.8) is 0 Å². The van der Waals surface area contributed by atoms with Gasteiger partial charge in [-0.2, -0.15) is 10.1 Å². The maximum atomic E-state index is 12.7. The fourth-order valence-electron chi connectivity index (χ4n) is 3.61. The van der Waals surface area contributed by atoms with Crippen molar-refractivity contribution >= 4 is 22.6 Å². The van der Waals surface area contributed by atoms with E-state index in [1.165, 1.54) is 0 Å². The van der Waals surface area contributed by atoms with E-state index in [0.29, 0.717) is 23.8 Å². The zero-order chi connectivity index (χ0) is 22.7. The Morgan fingerprint density at radius 1 is 1.12 bits per heavy atom. The van der Waals surface area contributed by atoms with Crippen molar-refractivity contribution in [1.82, 2.24) is 14.8 Å². The first-order chi connectivity index (χ1) is 15.5. The number of ether oxygens (including phenoxy) is 2. The molecule has 0 radical (unpaired) electrons. The van der Waals surface area contributed by atoms with Gasteiger partial charge >= 0.3 is 0 Å². The quantitative estimate of drug-likeness (QED) is 0.458. The number of rotatable bonds is 7. The molecule has 0 spiro atoms. The van der Waals surface area contributed by atoms with Gasteiger partial charge in [0, 0.05) is 18.8 Å². The Balaban J connectivity index is 1.58. The van der Waals surface area contributed by atoms with Crippen LogP contribution in [0.15, 0.2) is 60.7 Å². The molecule has 32 heavy (non-hydrogen) atoms. The fraction of sp³-hybridized carbons (Fsp3) is 0.240. The molecule has 164 valence electrons. The minimum absolute atomic E-state index is 0.265. The van der Waals surface area contributed by atoms with E-state index in [9.17, 15) is 4.79 Å². The summed E-state index contributed by atoms with van der Waals surface area (Å²) in [5.74, 6) is 0.861. The molecule has 1 atom stereocenters. The maximum Gasteiger partial charge on any atom is 0.265 e. The van der Waals surface area contributed by atoms with Crippen LogP contribution in [-0.2, 0) is 11.8 Å². The summed E-state index contributed by atoms with van der Waals surface area (Å²) in [7, 11) is 1.85. The largest absolute Gasteiger partial charge is 0.494 e. The van der Waals surface area contributed by atoms with Gasteiger partial charge in [-0.25, -0.2) is 0 Å². The van der Waals surface area contributed by atoms with Crippen LogP contribution < -0.4 is 14.8 Å². The molecule has 0 saturated heterocycles. The summed E-state index contributed by atoms with van der Waals surface area (Å²) in [6, 6.07) is 19.1. The van der Waals surface area contributed by atoms with E-state index in [4.69, 9.17) is 9.47 Å². The summed E-state index contributed by atoms with van der Waals surface area (Å²) >= 11 is 0. The fourth-order valence-corrected chi connectivity index (χ4v) is 3.61. The Bertz CT molecular complexity index is 1230. The zero-order valence-electron chi connectivity index (χ0n) is 18.6. The van der Waals surface area contributed by atoms with Gasteiger partial charge in [-0.15, -0.1) is 0 Å². The Labute approximate surface area is 187 Å². The van der Waals surface area contributed by atoms with Crippen LogP contribution in [0.1, 0.15) is 19.5 Å². The Morgan fingerprint density at radius 3 is 2.53 bits per heavy atom. The minimum atomic E-state index is -0.746. The number of hydrogen-bond donors (Lipinski definition) is 1. The highest BCUT2D eigenvalue weighted by Crippen LogP contribution is 2.33. The summed E-state index contributed by atoms with van der Waals surface area (Å²) in [5.41, 5.74) is 4.27. The zero-order valence-corrected chi connectivity index (χ0v) is 18.6. The Kier molecular flexibility index (Phi) is 6.07.